The number of hydrogen-bond donors (Lipinski definition) is 1. The van der Waals surface area contributed by atoms with Crippen molar-refractivity contribution in [2.45, 2.75) is 19.6 Å². The van der Waals surface area contributed by atoms with Gasteiger partial charge in [0, 0.05) is 18.6 Å². The lowest BCUT2D eigenvalue weighted by atomic mass is 10.3. The van der Waals surface area contributed by atoms with Gasteiger partial charge >= 0.3 is 5.97 Å². The summed E-state index contributed by atoms with van der Waals surface area (Å²) in [5.41, 5.74) is 0.301. The summed E-state index contributed by atoms with van der Waals surface area (Å²) in [5.74, 6) is -0.521. The Labute approximate surface area is 83.8 Å². The SMILES string of the molecule is C=CCOC(CCO)OC(=O)C(=C)C. The minimum absolute atomic E-state index is 0.106. The van der Waals surface area contributed by atoms with Crippen molar-refractivity contribution in [3.63, 3.8) is 0 Å². The minimum atomic E-state index is -0.734. The third kappa shape index (κ3) is 5.50. The van der Waals surface area contributed by atoms with Gasteiger partial charge < -0.3 is 14.6 Å². The van der Waals surface area contributed by atoms with Crippen LogP contribution in [0.1, 0.15) is 13.3 Å². The number of hydrogen-bond acceptors (Lipinski definition) is 4. The highest BCUT2D eigenvalue weighted by atomic mass is 16.7. The third-order valence-electron chi connectivity index (χ3n) is 1.35. The summed E-state index contributed by atoms with van der Waals surface area (Å²) >= 11 is 0. The number of ether oxygens (including phenoxy) is 2. The van der Waals surface area contributed by atoms with Crippen LogP contribution in [0.15, 0.2) is 24.8 Å². The molecule has 0 aromatic rings. The maximum atomic E-state index is 11.1. The van der Waals surface area contributed by atoms with Crippen molar-refractivity contribution in [3.05, 3.63) is 24.8 Å². The summed E-state index contributed by atoms with van der Waals surface area (Å²) < 4.78 is 9.98. The highest BCUT2D eigenvalue weighted by Gasteiger charge is 2.13. The maximum Gasteiger partial charge on any atom is 0.335 e. The molecule has 0 bridgehead atoms. The predicted octanol–water partition coefficient (Wildman–Crippen LogP) is 1.02. The zero-order chi connectivity index (χ0) is 11.0. The van der Waals surface area contributed by atoms with E-state index in [9.17, 15) is 4.79 Å². The molecular weight excluding hydrogens is 184 g/mol. The second-order valence-electron chi connectivity index (χ2n) is 2.75. The number of aliphatic hydroxyl groups excluding tert-OH is 1. The van der Waals surface area contributed by atoms with Crippen LogP contribution in [-0.2, 0) is 14.3 Å². The molecule has 1 unspecified atom stereocenters. The first-order valence-electron chi connectivity index (χ1n) is 4.31. The fourth-order valence-corrected chi connectivity index (χ4v) is 0.677. The highest BCUT2D eigenvalue weighted by molar-refractivity contribution is 5.86. The van der Waals surface area contributed by atoms with Gasteiger partial charge in [0.25, 0.3) is 0 Å². The standard InChI is InChI=1S/C10H16O4/c1-4-7-13-9(5-6-11)14-10(12)8(2)3/h4,9,11H,1-2,5-7H2,3H3. The normalized spacial score (nSPS) is 11.9. The van der Waals surface area contributed by atoms with Crippen LogP contribution in [-0.4, -0.2) is 30.6 Å². The molecule has 4 nitrogen and oxygen atoms in total. The van der Waals surface area contributed by atoms with Crippen molar-refractivity contribution in [3.8, 4) is 0 Å². The van der Waals surface area contributed by atoms with Gasteiger partial charge in [0.1, 0.15) is 0 Å². The molecule has 4 heteroatoms. The summed E-state index contributed by atoms with van der Waals surface area (Å²) in [6, 6.07) is 0. The Kier molecular flexibility index (Phi) is 6.70. The quantitative estimate of drug-likeness (QED) is 0.288. The van der Waals surface area contributed by atoms with Gasteiger partial charge in [-0.05, 0) is 6.92 Å². The second-order valence-corrected chi connectivity index (χ2v) is 2.75. The predicted molar refractivity (Wildman–Crippen MR) is 52.5 cm³/mol. The van der Waals surface area contributed by atoms with Crippen LogP contribution in [0.2, 0.25) is 0 Å². The average molecular weight is 200 g/mol. The fraction of sp³-hybridized carbons (Fsp3) is 0.500. The van der Waals surface area contributed by atoms with Crippen LogP contribution in [0.4, 0.5) is 0 Å². The topological polar surface area (TPSA) is 55.8 Å². The van der Waals surface area contributed by atoms with Crippen molar-refractivity contribution in [2.24, 2.45) is 0 Å². The largest absolute Gasteiger partial charge is 0.432 e. The van der Waals surface area contributed by atoms with Crippen molar-refractivity contribution < 1.29 is 19.4 Å². The first-order valence-corrected chi connectivity index (χ1v) is 4.31. The van der Waals surface area contributed by atoms with Gasteiger partial charge in [-0.3, -0.25) is 0 Å². The van der Waals surface area contributed by atoms with Crippen LogP contribution in [0, 0.1) is 0 Å². The van der Waals surface area contributed by atoms with Crippen LogP contribution >= 0.6 is 0 Å². The van der Waals surface area contributed by atoms with Crippen molar-refractivity contribution in [1.82, 2.24) is 0 Å². The van der Waals surface area contributed by atoms with Gasteiger partial charge in [0.2, 0.25) is 6.29 Å². The fourth-order valence-electron chi connectivity index (χ4n) is 0.677. The molecule has 0 aromatic carbocycles. The molecule has 0 aromatic heterocycles. The van der Waals surface area contributed by atoms with E-state index in [2.05, 4.69) is 13.2 Å². The molecule has 0 aliphatic carbocycles. The Balaban J connectivity index is 4.00. The first kappa shape index (κ1) is 12.9. The van der Waals surface area contributed by atoms with Gasteiger partial charge in [0.15, 0.2) is 0 Å². The zero-order valence-electron chi connectivity index (χ0n) is 8.36. The van der Waals surface area contributed by atoms with E-state index in [-0.39, 0.29) is 19.6 Å². The molecule has 14 heavy (non-hydrogen) atoms. The lowest BCUT2D eigenvalue weighted by molar-refractivity contribution is -0.174. The number of rotatable bonds is 7. The maximum absolute atomic E-state index is 11.1. The molecule has 0 heterocycles. The number of esters is 1. The van der Waals surface area contributed by atoms with Crippen molar-refractivity contribution >= 4 is 5.97 Å². The van der Waals surface area contributed by atoms with Crippen molar-refractivity contribution in [1.29, 1.82) is 0 Å². The van der Waals surface area contributed by atoms with Gasteiger partial charge in [-0.2, -0.15) is 0 Å². The third-order valence-corrected chi connectivity index (χ3v) is 1.35. The Bertz CT molecular complexity index is 210. The number of aliphatic hydroxyl groups is 1. The van der Waals surface area contributed by atoms with Crippen LogP contribution in [0.3, 0.4) is 0 Å². The molecule has 0 saturated heterocycles. The van der Waals surface area contributed by atoms with Gasteiger partial charge in [0.05, 0.1) is 6.61 Å². The molecule has 1 atom stereocenters. The Morgan fingerprint density at radius 1 is 1.64 bits per heavy atom. The molecule has 0 rings (SSSR count). The average Bonchev–Trinajstić information content (AvgIpc) is 2.14. The van der Waals surface area contributed by atoms with E-state index in [1.54, 1.807) is 13.0 Å². The lowest BCUT2D eigenvalue weighted by Gasteiger charge is -2.16. The highest BCUT2D eigenvalue weighted by Crippen LogP contribution is 2.04. The molecule has 0 aliphatic rings. The number of carbonyl (C=O) groups excluding carboxylic acids is 1. The van der Waals surface area contributed by atoms with Gasteiger partial charge in [-0.1, -0.05) is 12.7 Å². The Morgan fingerprint density at radius 2 is 2.29 bits per heavy atom. The molecule has 0 radical (unpaired) electrons. The van der Waals surface area contributed by atoms with E-state index in [0.717, 1.165) is 0 Å². The van der Waals surface area contributed by atoms with Crippen LogP contribution in [0.25, 0.3) is 0 Å². The lowest BCUT2D eigenvalue weighted by Crippen LogP contribution is -2.23. The van der Waals surface area contributed by atoms with Crippen LogP contribution < -0.4 is 0 Å². The second kappa shape index (κ2) is 7.29. The molecular formula is C10H16O4. The first-order chi connectivity index (χ1) is 6.61. The molecule has 80 valence electrons. The minimum Gasteiger partial charge on any atom is -0.432 e. The van der Waals surface area contributed by atoms with E-state index in [4.69, 9.17) is 14.6 Å². The van der Waals surface area contributed by atoms with Gasteiger partial charge in [-0.15, -0.1) is 6.58 Å². The summed E-state index contributed by atoms with van der Waals surface area (Å²) in [6.45, 7) is 8.61. The summed E-state index contributed by atoms with van der Waals surface area (Å²) in [4.78, 5) is 11.1. The van der Waals surface area contributed by atoms with E-state index in [0.29, 0.717) is 5.57 Å². The van der Waals surface area contributed by atoms with Gasteiger partial charge in [-0.25, -0.2) is 4.79 Å². The molecule has 0 aliphatic heterocycles. The Hall–Kier alpha value is -1.13. The molecule has 0 fully saturated rings. The molecule has 1 N–H and O–H groups in total. The van der Waals surface area contributed by atoms with Crippen LogP contribution in [0.5, 0.6) is 0 Å². The summed E-state index contributed by atoms with van der Waals surface area (Å²) in [5, 5.41) is 8.67. The summed E-state index contributed by atoms with van der Waals surface area (Å²) in [7, 11) is 0. The van der Waals surface area contributed by atoms with Crippen molar-refractivity contribution in [2.75, 3.05) is 13.2 Å². The molecule has 0 spiro atoms. The van der Waals surface area contributed by atoms with E-state index >= 15 is 0 Å². The number of carbonyl (C=O) groups is 1. The smallest absolute Gasteiger partial charge is 0.335 e. The Morgan fingerprint density at radius 3 is 2.71 bits per heavy atom. The summed E-state index contributed by atoms with van der Waals surface area (Å²) in [6.07, 6.45) is 1.05. The van der Waals surface area contributed by atoms with E-state index < -0.39 is 12.3 Å². The molecule has 0 amide bonds. The monoisotopic (exact) mass is 200 g/mol. The van der Waals surface area contributed by atoms with E-state index in [1.807, 2.05) is 0 Å². The van der Waals surface area contributed by atoms with E-state index in [1.165, 1.54) is 0 Å². The zero-order valence-corrected chi connectivity index (χ0v) is 8.36. The molecule has 0 saturated carbocycles.